The summed E-state index contributed by atoms with van der Waals surface area (Å²) in [6.07, 6.45) is 1.60. The fraction of sp³-hybridized carbons (Fsp3) is 0. The van der Waals surface area contributed by atoms with Crippen LogP contribution in [0.1, 0.15) is 0 Å². The van der Waals surface area contributed by atoms with Gasteiger partial charge in [-0.05, 0) is 48.5 Å². The minimum atomic E-state index is -0.476. The van der Waals surface area contributed by atoms with E-state index in [1.165, 1.54) is 24.3 Å². The molecule has 0 saturated carbocycles. The molecule has 0 bridgehead atoms. The number of imidazole rings is 1. The molecule has 1 N–H and O–H groups in total. The van der Waals surface area contributed by atoms with Crippen molar-refractivity contribution in [2.75, 3.05) is 0 Å². The lowest BCUT2D eigenvalue weighted by Gasteiger charge is -2.11. The van der Waals surface area contributed by atoms with E-state index in [0.29, 0.717) is 22.5 Å². The van der Waals surface area contributed by atoms with Crippen molar-refractivity contribution in [2.45, 2.75) is 0 Å². The molecule has 30 heavy (non-hydrogen) atoms. The van der Waals surface area contributed by atoms with Gasteiger partial charge in [0.15, 0.2) is 0 Å². The van der Waals surface area contributed by atoms with Crippen LogP contribution in [0.25, 0.3) is 28.2 Å². The quantitative estimate of drug-likeness (QED) is 0.380. The van der Waals surface area contributed by atoms with Crippen molar-refractivity contribution in [2.24, 2.45) is 0 Å². The van der Waals surface area contributed by atoms with Gasteiger partial charge in [-0.25, -0.2) is 4.98 Å². The minimum Gasteiger partial charge on any atom is -0.508 e. The lowest BCUT2D eigenvalue weighted by Crippen LogP contribution is -1.97. The number of aromatic nitrogens is 2. The molecular formula is C21H14N4O5. The Bertz CT molecular complexity index is 1230. The summed E-state index contributed by atoms with van der Waals surface area (Å²) in [4.78, 5) is 25.5. The van der Waals surface area contributed by atoms with Crippen molar-refractivity contribution in [1.82, 2.24) is 9.55 Å². The van der Waals surface area contributed by atoms with Gasteiger partial charge in [0.05, 0.1) is 21.2 Å². The van der Waals surface area contributed by atoms with Gasteiger partial charge in [-0.1, -0.05) is 0 Å². The average Bonchev–Trinajstić information content (AvgIpc) is 3.19. The Morgan fingerprint density at radius 1 is 0.733 bits per heavy atom. The average molecular weight is 402 g/mol. The Morgan fingerprint density at radius 2 is 1.23 bits per heavy atom. The highest BCUT2D eigenvalue weighted by Gasteiger charge is 2.18. The number of nitro benzene ring substituents is 2. The van der Waals surface area contributed by atoms with Gasteiger partial charge >= 0.3 is 0 Å². The number of aromatic hydroxyl groups is 1. The van der Waals surface area contributed by atoms with Crippen LogP contribution in [0.4, 0.5) is 11.4 Å². The van der Waals surface area contributed by atoms with Crippen LogP contribution < -0.4 is 0 Å². The Morgan fingerprint density at radius 3 is 1.73 bits per heavy atom. The maximum Gasteiger partial charge on any atom is 0.269 e. The third-order valence-electron chi connectivity index (χ3n) is 4.60. The summed E-state index contributed by atoms with van der Waals surface area (Å²) in [6, 6.07) is 18.6. The van der Waals surface area contributed by atoms with Gasteiger partial charge in [0.1, 0.15) is 12.1 Å². The number of hydrogen-bond acceptors (Lipinski definition) is 6. The normalized spacial score (nSPS) is 10.7. The van der Waals surface area contributed by atoms with Gasteiger partial charge in [-0.15, -0.1) is 0 Å². The summed E-state index contributed by atoms with van der Waals surface area (Å²) in [5, 5.41) is 31.5. The summed E-state index contributed by atoms with van der Waals surface area (Å²) in [5.41, 5.74) is 3.21. The molecule has 4 rings (SSSR count). The molecule has 0 aliphatic rings. The first-order valence-electron chi connectivity index (χ1n) is 8.80. The lowest BCUT2D eigenvalue weighted by molar-refractivity contribution is -0.385. The molecule has 9 heteroatoms. The van der Waals surface area contributed by atoms with Crippen LogP contribution in [0, 0.1) is 20.2 Å². The third-order valence-corrected chi connectivity index (χ3v) is 4.60. The number of hydrogen-bond donors (Lipinski definition) is 1. The first kappa shape index (κ1) is 18.8. The summed E-state index contributed by atoms with van der Waals surface area (Å²) in [7, 11) is 0. The van der Waals surface area contributed by atoms with Crippen molar-refractivity contribution in [3.63, 3.8) is 0 Å². The van der Waals surface area contributed by atoms with Gasteiger partial charge in [0, 0.05) is 41.1 Å². The molecule has 148 valence electrons. The zero-order chi connectivity index (χ0) is 21.3. The van der Waals surface area contributed by atoms with E-state index < -0.39 is 9.85 Å². The smallest absolute Gasteiger partial charge is 0.269 e. The predicted molar refractivity (Wildman–Crippen MR) is 109 cm³/mol. The van der Waals surface area contributed by atoms with Crippen molar-refractivity contribution in [3.8, 4) is 34.0 Å². The van der Waals surface area contributed by atoms with Gasteiger partial charge in [0.2, 0.25) is 0 Å². The van der Waals surface area contributed by atoms with Crippen molar-refractivity contribution >= 4 is 11.4 Å². The Balaban J connectivity index is 1.89. The van der Waals surface area contributed by atoms with E-state index in [4.69, 9.17) is 0 Å². The molecule has 9 nitrogen and oxygen atoms in total. The van der Waals surface area contributed by atoms with Crippen molar-refractivity contribution in [3.05, 3.63) is 99.4 Å². The van der Waals surface area contributed by atoms with E-state index in [1.807, 2.05) is 0 Å². The highest BCUT2D eigenvalue weighted by molar-refractivity contribution is 5.80. The van der Waals surface area contributed by atoms with E-state index in [-0.39, 0.29) is 17.1 Å². The third kappa shape index (κ3) is 3.47. The molecule has 1 aromatic heterocycles. The van der Waals surface area contributed by atoms with E-state index >= 15 is 0 Å². The summed E-state index contributed by atoms with van der Waals surface area (Å²) in [5.74, 6) is 0.117. The molecule has 0 atom stereocenters. The molecular weight excluding hydrogens is 388 g/mol. The first-order chi connectivity index (χ1) is 14.4. The molecule has 4 aromatic rings. The molecule has 0 radical (unpaired) electrons. The monoisotopic (exact) mass is 402 g/mol. The summed E-state index contributed by atoms with van der Waals surface area (Å²) < 4.78 is 1.79. The van der Waals surface area contributed by atoms with Crippen LogP contribution in [0.2, 0.25) is 0 Å². The second-order valence-electron chi connectivity index (χ2n) is 6.44. The second-order valence-corrected chi connectivity index (χ2v) is 6.44. The van der Waals surface area contributed by atoms with Crippen LogP contribution in [0.15, 0.2) is 79.1 Å². The summed E-state index contributed by atoms with van der Waals surface area (Å²) in [6.45, 7) is 0. The maximum atomic E-state index is 11.0. The van der Waals surface area contributed by atoms with Crippen LogP contribution in [0.5, 0.6) is 5.75 Å². The molecule has 1 heterocycles. The Kier molecular flexibility index (Phi) is 4.69. The summed E-state index contributed by atoms with van der Waals surface area (Å²) >= 11 is 0. The maximum absolute atomic E-state index is 11.0. The van der Waals surface area contributed by atoms with Gasteiger partial charge in [-0.3, -0.25) is 24.8 Å². The first-order valence-corrected chi connectivity index (χ1v) is 8.80. The number of rotatable bonds is 5. The molecule has 3 aromatic carbocycles. The van der Waals surface area contributed by atoms with Gasteiger partial charge < -0.3 is 5.11 Å². The number of nitrogens with zero attached hydrogens (tertiary/aromatic N) is 4. The number of phenolic OH excluding ortho intramolecular Hbond substituents is 1. The highest BCUT2D eigenvalue weighted by Crippen LogP contribution is 2.35. The zero-order valence-electron chi connectivity index (χ0n) is 15.4. The molecule has 0 aliphatic carbocycles. The minimum absolute atomic E-state index is 0.0337. The standard InChI is InChI=1S/C21H14N4O5/c26-19-11-9-16(10-12-19)23-13-22-20(14-1-5-17(6-2-14)24(27)28)21(23)15-3-7-18(8-4-15)25(29)30/h1-13,26H. The molecule has 0 fully saturated rings. The topological polar surface area (TPSA) is 124 Å². The molecule has 0 amide bonds. The molecule has 0 saturated heterocycles. The van der Waals surface area contributed by atoms with Crippen LogP contribution in [-0.4, -0.2) is 24.5 Å². The van der Waals surface area contributed by atoms with E-state index in [1.54, 1.807) is 59.4 Å². The second kappa shape index (κ2) is 7.47. The Labute approximate surface area is 169 Å². The van der Waals surface area contributed by atoms with Crippen molar-refractivity contribution in [1.29, 1.82) is 0 Å². The largest absolute Gasteiger partial charge is 0.508 e. The fourth-order valence-electron chi connectivity index (χ4n) is 3.13. The number of non-ortho nitro benzene ring substituents is 2. The Hall–Kier alpha value is -4.53. The number of nitro groups is 2. The predicted octanol–water partition coefficient (Wildman–Crippen LogP) is 4.73. The number of phenols is 1. The molecule has 0 spiro atoms. The SMILES string of the molecule is O=[N+]([O-])c1ccc(-c2ncn(-c3ccc(O)cc3)c2-c2ccc([N+](=O)[O-])cc2)cc1. The molecule has 0 unspecified atom stereocenters. The van der Waals surface area contributed by atoms with Gasteiger partial charge in [0.25, 0.3) is 11.4 Å². The number of benzene rings is 3. The molecule has 0 aliphatic heterocycles. The lowest BCUT2D eigenvalue weighted by atomic mass is 10.0. The van der Waals surface area contributed by atoms with E-state index in [2.05, 4.69) is 4.98 Å². The zero-order valence-corrected chi connectivity index (χ0v) is 15.4. The van der Waals surface area contributed by atoms with Gasteiger partial charge in [-0.2, -0.15) is 0 Å². The van der Waals surface area contributed by atoms with Crippen LogP contribution in [-0.2, 0) is 0 Å². The van der Waals surface area contributed by atoms with Crippen molar-refractivity contribution < 1.29 is 15.0 Å². The van der Waals surface area contributed by atoms with Crippen LogP contribution in [0.3, 0.4) is 0 Å². The van der Waals surface area contributed by atoms with E-state index in [0.717, 1.165) is 5.69 Å². The fourth-order valence-corrected chi connectivity index (χ4v) is 3.13. The van der Waals surface area contributed by atoms with E-state index in [9.17, 15) is 25.3 Å². The highest BCUT2D eigenvalue weighted by atomic mass is 16.6. The van der Waals surface area contributed by atoms with Crippen LogP contribution >= 0.6 is 0 Å².